The van der Waals surface area contributed by atoms with Crippen molar-refractivity contribution in [2.24, 2.45) is 17.8 Å². The first-order chi connectivity index (χ1) is 15.6. The second kappa shape index (κ2) is 7.33. The molecule has 6 nitrogen and oxygen atoms in total. The molecule has 1 N–H and O–H groups in total. The lowest BCUT2D eigenvalue weighted by Crippen LogP contribution is -2.49. The maximum Gasteiger partial charge on any atom is 0.260 e. The van der Waals surface area contributed by atoms with Crippen molar-refractivity contribution in [2.45, 2.75) is 25.4 Å². The Bertz CT molecular complexity index is 1160. The third kappa shape index (κ3) is 2.89. The van der Waals surface area contributed by atoms with Crippen LogP contribution in [-0.4, -0.2) is 35.7 Å². The van der Waals surface area contributed by atoms with Crippen LogP contribution in [-0.2, 0) is 4.79 Å². The van der Waals surface area contributed by atoms with E-state index in [0.29, 0.717) is 41.1 Å². The van der Waals surface area contributed by atoms with Crippen molar-refractivity contribution in [3.8, 4) is 0 Å². The molecule has 0 aromatic heterocycles. The minimum absolute atomic E-state index is 0.0485. The lowest BCUT2D eigenvalue weighted by molar-refractivity contribution is -0.121. The molecule has 2 aromatic rings. The lowest BCUT2D eigenvalue weighted by Gasteiger charge is -2.40. The van der Waals surface area contributed by atoms with Gasteiger partial charge in [-0.15, -0.1) is 0 Å². The van der Waals surface area contributed by atoms with Gasteiger partial charge < -0.3 is 10.2 Å². The molecule has 6 rings (SSSR count). The number of nitrogens with one attached hydrogen (secondary N) is 1. The van der Waals surface area contributed by atoms with E-state index in [1.807, 2.05) is 30.3 Å². The molecule has 1 saturated carbocycles. The summed E-state index contributed by atoms with van der Waals surface area (Å²) in [4.78, 5) is 42.6. The topological polar surface area (TPSA) is 69.7 Å². The summed E-state index contributed by atoms with van der Waals surface area (Å²) in [6.07, 6.45) is 6.66. The molecule has 4 aliphatic rings. The van der Waals surface area contributed by atoms with E-state index in [1.165, 1.54) is 6.42 Å². The van der Waals surface area contributed by atoms with Crippen LogP contribution in [0.2, 0.25) is 0 Å². The number of amides is 3. The van der Waals surface area contributed by atoms with E-state index in [9.17, 15) is 14.4 Å². The zero-order valence-electron chi connectivity index (χ0n) is 17.7. The van der Waals surface area contributed by atoms with Crippen molar-refractivity contribution in [3.05, 3.63) is 77.4 Å². The Balaban J connectivity index is 1.21. The van der Waals surface area contributed by atoms with Crippen molar-refractivity contribution < 1.29 is 14.4 Å². The molecule has 2 aliphatic carbocycles. The molecule has 0 spiro atoms. The fourth-order valence-electron chi connectivity index (χ4n) is 5.88. The number of allylic oxidation sites excluding steroid dienone is 2. The van der Waals surface area contributed by atoms with Crippen LogP contribution in [0.1, 0.15) is 51.7 Å². The number of anilines is 1. The molecule has 0 unspecified atom stereocenters. The van der Waals surface area contributed by atoms with Crippen LogP contribution < -0.4 is 10.2 Å². The zero-order chi connectivity index (χ0) is 21.8. The van der Waals surface area contributed by atoms with Gasteiger partial charge in [-0.3, -0.25) is 19.3 Å². The average molecular weight is 428 g/mol. The minimum Gasteiger partial charge on any atom is -0.356 e. The number of benzene rings is 2. The molecule has 2 bridgehead atoms. The van der Waals surface area contributed by atoms with E-state index in [2.05, 4.69) is 17.5 Å². The highest BCUT2D eigenvalue weighted by Gasteiger charge is 2.47. The first-order valence-corrected chi connectivity index (χ1v) is 11.4. The Morgan fingerprint density at radius 1 is 0.938 bits per heavy atom. The molecule has 2 aromatic carbocycles. The van der Waals surface area contributed by atoms with Crippen LogP contribution in [0, 0.1) is 17.8 Å². The van der Waals surface area contributed by atoms with Crippen molar-refractivity contribution in [2.75, 3.05) is 18.0 Å². The summed E-state index contributed by atoms with van der Waals surface area (Å²) < 4.78 is 0. The fourth-order valence-corrected chi connectivity index (χ4v) is 5.88. The summed E-state index contributed by atoms with van der Waals surface area (Å²) in [6, 6.07) is 14.6. The minimum atomic E-state index is -0.510. The highest BCUT2D eigenvalue weighted by atomic mass is 16.2. The first-order valence-electron chi connectivity index (χ1n) is 11.4. The summed E-state index contributed by atoms with van der Waals surface area (Å²) in [7, 11) is 0. The van der Waals surface area contributed by atoms with Crippen LogP contribution >= 0.6 is 0 Å². The molecule has 3 amide bonds. The van der Waals surface area contributed by atoms with E-state index in [1.54, 1.807) is 28.0 Å². The molecule has 0 saturated heterocycles. The molecule has 6 heteroatoms. The van der Waals surface area contributed by atoms with Crippen molar-refractivity contribution in [1.29, 1.82) is 0 Å². The van der Waals surface area contributed by atoms with Crippen LogP contribution in [0.25, 0.3) is 0 Å². The van der Waals surface area contributed by atoms with Crippen LogP contribution in [0.15, 0.2) is 60.7 Å². The van der Waals surface area contributed by atoms with Gasteiger partial charge in [-0.05, 0) is 48.8 Å². The van der Waals surface area contributed by atoms with E-state index in [-0.39, 0.29) is 30.7 Å². The van der Waals surface area contributed by atoms with Gasteiger partial charge in [0.05, 0.1) is 11.3 Å². The maximum absolute atomic E-state index is 13.4. The van der Waals surface area contributed by atoms with Gasteiger partial charge in [-0.25, -0.2) is 0 Å². The predicted octanol–water partition coefficient (Wildman–Crippen LogP) is 3.52. The standard InChI is InChI=1S/C26H25N3O3/c30-23(27-15-18-14-16-9-10-17(18)13-16)11-12-28-24-19-5-1-2-6-20(19)26(32)29(24)22-8-4-3-7-21(22)25(28)31/h1-10,16-18,24H,11-15H2,(H,27,30)/t16-,17-,18-,24+/m0/s1. The highest BCUT2D eigenvalue weighted by molar-refractivity contribution is 6.16. The van der Waals surface area contributed by atoms with Gasteiger partial charge in [0.25, 0.3) is 11.8 Å². The molecule has 162 valence electrons. The van der Waals surface area contributed by atoms with E-state index in [4.69, 9.17) is 0 Å². The lowest BCUT2D eigenvalue weighted by atomic mass is 9.93. The summed E-state index contributed by atoms with van der Waals surface area (Å²) >= 11 is 0. The smallest absolute Gasteiger partial charge is 0.260 e. The second-order valence-electron chi connectivity index (χ2n) is 9.25. The fraction of sp³-hybridized carbons (Fsp3) is 0.346. The number of rotatable bonds is 5. The number of carbonyl (C=O) groups is 3. The summed E-state index contributed by atoms with van der Waals surface area (Å²) in [5.74, 6) is 1.50. The number of para-hydroxylation sites is 1. The highest BCUT2D eigenvalue weighted by Crippen LogP contribution is 2.45. The van der Waals surface area contributed by atoms with Crippen molar-refractivity contribution in [1.82, 2.24) is 10.2 Å². The third-order valence-electron chi connectivity index (χ3n) is 7.44. The van der Waals surface area contributed by atoms with Gasteiger partial charge in [-0.2, -0.15) is 0 Å². The number of hydrogen-bond donors (Lipinski definition) is 1. The van der Waals surface area contributed by atoms with Gasteiger partial charge in [-0.1, -0.05) is 42.5 Å². The summed E-state index contributed by atoms with van der Waals surface area (Å²) in [5.41, 5.74) is 2.56. The Kier molecular flexibility index (Phi) is 4.42. The summed E-state index contributed by atoms with van der Waals surface area (Å²) in [6.45, 7) is 0.955. The van der Waals surface area contributed by atoms with E-state index >= 15 is 0 Å². The van der Waals surface area contributed by atoms with Gasteiger partial charge >= 0.3 is 0 Å². The maximum atomic E-state index is 13.4. The number of hydrogen-bond acceptors (Lipinski definition) is 3. The Hall–Kier alpha value is -3.41. The van der Waals surface area contributed by atoms with Gasteiger partial charge in [0.15, 0.2) is 0 Å². The second-order valence-corrected chi connectivity index (χ2v) is 9.25. The Morgan fingerprint density at radius 3 is 2.50 bits per heavy atom. The average Bonchev–Trinajstić information content (AvgIpc) is 3.52. The van der Waals surface area contributed by atoms with E-state index in [0.717, 1.165) is 12.0 Å². The first kappa shape index (κ1) is 19.3. The molecule has 1 fully saturated rings. The largest absolute Gasteiger partial charge is 0.356 e. The van der Waals surface area contributed by atoms with Gasteiger partial charge in [0.2, 0.25) is 5.91 Å². The Labute approximate surface area is 186 Å². The number of carbonyl (C=O) groups excluding carboxylic acids is 3. The third-order valence-corrected chi connectivity index (χ3v) is 7.44. The monoisotopic (exact) mass is 427 g/mol. The van der Waals surface area contributed by atoms with Crippen LogP contribution in [0.4, 0.5) is 5.69 Å². The van der Waals surface area contributed by atoms with Gasteiger partial charge in [0, 0.05) is 30.6 Å². The van der Waals surface area contributed by atoms with E-state index < -0.39 is 6.17 Å². The molecular weight excluding hydrogens is 402 g/mol. The molecular formula is C26H25N3O3. The molecule has 4 atom stereocenters. The molecule has 2 heterocycles. The summed E-state index contributed by atoms with van der Waals surface area (Å²) in [5, 5.41) is 3.08. The normalized spacial score (nSPS) is 26.9. The van der Waals surface area contributed by atoms with Crippen LogP contribution in [0.3, 0.4) is 0 Å². The van der Waals surface area contributed by atoms with Crippen molar-refractivity contribution in [3.63, 3.8) is 0 Å². The quantitative estimate of drug-likeness (QED) is 0.743. The molecule has 0 radical (unpaired) electrons. The van der Waals surface area contributed by atoms with Crippen LogP contribution in [0.5, 0.6) is 0 Å². The SMILES string of the molecule is O=C(CCN1C(=O)c2ccccc2N2C(=O)c3ccccc3[C@H]12)NC[C@@H]1C[C@H]2C=C[C@H]1C2. The predicted molar refractivity (Wildman–Crippen MR) is 120 cm³/mol. The Morgan fingerprint density at radius 2 is 1.72 bits per heavy atom. The van der Waals surface area contributed by atoms with Gasteiger partial charge in [0.1, 0.15) is 6.17 Å². The number of nitrogens with zero attached hydrogens (tertiary/aromatic N) is 2. The zero-order valence-corrected chi connectivity index (χ0v) is 17.7. The molecule has 32 heavy (non-hydrogen) atoms. The number of fused-ring (bicyclic) bond motifs is 7. The molecule has 2 aliphatic heterocycles. The van der Waals surface area contributed by atoms with Crippen molar-refractivity contribution >= 4 is 23.4 Å².